The van der Waals surface area contributed by atoms with Crippen LogP contribution in [0.5, 0.6) is 0 Å². The van der Waals surface area contributed by atoms with Gasteiger partial charge in [0.25, 0.3) is 0 Å². The van der Waals surface area contributed by atoms with Gasteiger partial charge in [-0.3, -0.25) is 14.4 Å². The van der Waals surface area contributed by atoms with Crippen molar-refractivity contribution in [3.63, 3.8) is 0 Å². The summed E-state index contributed by atoms with van der Waals surface area (Å²) in [5.74, 6) is -3.40. The molecule has 5 atom stereocenters. The number of carboxylic acid groups (broad SMARTS) is 1. The van der Waals surface area contributed by atoms with Gasteiger partial charge in [0.05, 0.1) is 6.04 Å². The lowest BCUT2D eigenvalue weighted by Gasteiger charge is -2.29. The summed E-state index contributed by atoms with van der Waals surface area (Å²) in [6, 6.07) is -3.90. The lowest BCUT2D eigenvalue weighted by molar-refractivity contribution is -0.142. The number of carboxylic acids is 1. The van der Waals surface area contributed by atoms with Crippen molar-refractivity contribution in [2.24, 2.45) is 17.6 Å². The van der Waals surface area contributed by atoms with E-state index in [0.717, 1.165) is 0 Å². The molecular formula is C17H32N4O5S2. The van der Waals surface area contributed by atoms with Crippen molar-refractivity contribution >= 4 is 48.9 Å². The highest BCUT2D eigenvalue weighted by molar-refractivity contribution is 7.80. The van der Waals surface area contributed by atoms with Gasteiger partial charge in [-0.2, -0.15) is 25.3 Å². The molecule has 162 valence electrons. The van der Waals surface area contributed by atoms with Gasteiger partial charge in [-0.25, -0.2) is 4.79 Å². The van der Waals surface area contributed by atoms with E-state index in [-0.39, 0.29) is 23.3 Å². The predicted octanol–water partition coefficient (Wildman–Crippen LogP) is -0.586. The SMILES string of the molecule is CCC(C)C(NC(=O)C(NC(=O)C(N)CS)C(C)C)C(=O)NC(CS)C(=O)O. The molecule has 0 aliphatic rings. The molecule has 3 amide bonds. The van der Waals surface area contributed by atoms with E-state index < -0.39 is 47.9 Å². The van der Waals surface area contributed by atoms with Gasteiger partial charge in [-0.15, -0.1) is 0 Å². The molecule has 0 aliphatic heterocycles. The van der Waals surface area contributed by atoms with E-state index in [1.807, 2.05) is 6.92 Å². The molecule has 28 heavy (non-hydrogen) atoms. The number of nitrogens with two attached hydrogens (primary N) is 1. The first kappa shape index (κ1) is 26.5. The summed E-state index contributed by atoms with van der Waals surface area (Å²) in [4.78, 5) is 48.5. The van der Waals surface area contributed by atoms with Crippen molar-refractivity contribution in [2.45, 2.75) is 58.3 Å². The molecule has 0 radical (unpaired) electrons. The average Bonchev–Trinajstić information content (AvgIpc) is 2.65. The van der Waals surface area contributed by atoms with Crippen LogP contribution >= 0.6 is 25.3 Å². The predicted molar refractivity (Wildman–Crippen MR) is 113 cm³/mol. The average molecular weight is 437 g/mol. The number of rotatable bonds is 12. The molecule has 0 aliphatic carbocycles. The minimum atomic E-state index is -1.22. The van der Waals surface area contributed by atoms with Crippen molar-refractivity contribution < 1.29 is 24.3 Å². The second-order valence-electron chi connectivity index (χ2n) is 6.97. The molecule has 0 saturated carbocycles. The minimum absolute atomic E-state index is 0.0888. The molecule has 6 N–H and O–H groups in total. The summed E-state index contributed by atoms with van der Waals surface area (Å²) in [5.41, 5.74) is 5.64. The zero-order chi connectivity index (χ0) is 22.0. The van der Waals surface area contributed by atoms with Crippen molar-refractivity contribution in [2.75, 3.05) is 11.5 Å². The molecular weight excluding hydrogens is 404 g/mol. The largest absolute Gasteiger partial charge is 0.480 e. The van der Waals surface area contributed by atoms with Crippen LogP contribution in [0.15, 0.2) is 0 Å². The smallest absolute Gasteiger partial charge is 0.327 e. The Morgan fingerprint density at radius 1 is 0.893 bits per heavy atom. The molecule has 0 aromatic rings. The Bertz CT molecular complexity index is 562. The summed E-state index contributed by atoms with van der Waals surface area (Å²) in [7, 11) is 0. The molecule has 0 spiro atoms. The first-order valence-electron chi connectivity index (χ1n) is 9.11. The van der Waals surface area contributed by atoms with Crippen LogP contribution in [0.25, 0.3) is 0 Å². The molecule has 0 saturated heterocycles. The van der Waals surface area contributed by atoms with Crippen molar-refractivity contribution in [3.8, 4) is 0 Å². The van der Waals surface area contributed by atoms with E-state index in [9.17, 15) is 19.2 Å². The molecule has 0 aromatic heterocycles. The van der Waals surface area contributed by atoms with E-state index in [0.29, 0.717) is 6.42 Å². The topological polar surface area (TPSA) is 151 Å². The van der Waals surface area contributed by atoms with Gasteiger partial charge in [-0.1, -0.05) is 34.1 Å². The Hall–Kier alpha value is -1.46. The van der Waals surface area contributed by atoms with Gasteiger partial charge in [-0.05, 0) is 11.8 Å². The number of thiol groups is 2. The highest BCUT2D eigenvalue weighted by Gasteiger charge is 2.33. The zero-order valence-electron chi connectivity index (χ0n) is 16.6. The van der Waals surface area contributed by atoms with E-state index in [2.05, 4.69) is 41.2 Å². The number of carbonyl (C=O) groups excluding carboxylic acids is 3. The number of amides is 3. The monoisotopic (exact) mass is 436 g/mol. The second-order valence-corrected chi connectivity index (χ2v) is 7.70. The number of hydrogen-bond acceptors (Lipinski definition) is 7. The Morgan fingerprint density at radius 3 is 1.79 bits per heavy atom. The van der Waals surface area contributed by atoms with Crippen LogP contribution in [0.3, 0.4) is 0 Å². The molecule has 0 rings (SSSR count). The summed E-state index contributed by atoms with van der Waals surface area (Å²) in [6.07, 6.45) is 0.570. The van der Waals surface area contributed by atoms with Crippen LogP contribution < -0.4 is 21.7 Å². The highest BCUT2D eigenvalue weighted by Crippen LogP contribution is 2.11. The van der Waals surface area contributed by atoms with E-state index in [4.69, 9.17) is 10.8 Å². The molecule has 5 unspecified atom stereocenters. The van der Waals surface area contributed by atoms with E-state index in [1.54, 1.807) is 20.8 Å². The number of hydrogen-bond donors (Lipinski definition) is 7. The quantitative estimate of drug-likeness (QED) is 0.203. The third-order valence-electron chi connectivity index (χ3n) is 4.37. The van der Waals surface area contributed by atoms with Crippen molar-refractivity contribution in [3.05, 3.63) is 0 Å². The maximum atomic E-state index is 12.8. The number of carbonyl (C=O) groups is 4. The molecule has 0 fully saturated rings. The molecule has 9 nitrogen and oxygen atoms in total. The molecule has 0 heterocycles. The van der Waals surface area contributed by atoms with Gasteiger partial charge in [0.2, 0.25) is 17.7 Å². The van der Waals surface area contributed by atoms with Crippen molar-refractivity contribution in [1.29, 1.82) is 0 Å². The Kier molecular flexibility index (Phi) is 12.2. The van der Waals surface area contributed by atoms with Gasteiger partial charge in [0.1, 0.15) is 18.1 Å². The summed E-state index contributed by atoms with van der Waals surface area (Å²) >= 11 is 7.89. The van der Waals surface area contributed by atoms with Crippen LogP contribution in [-0.2, 0) is 19.2 Å². The van der Waals surface area contributed by atoms with Gasteiger partial charge in [0.15, 0.2) is 0 Å². The van der Waals surface area contributed by atoms with Crippen LogP contribution in [0.2, 0.25) is 0 Å². The maximum Gasteiger partial charge on any atom is 0.327 e. The highest BCUT2D eigenvalue weighted by atomic mass is 32.1. The van der Waals surface area contributed by atoms with E-state index in [1.165, 1.54) is 0 Å². The first-order chi connectivity index (χ1) is 13.0. The lowest BCUT2D eigenvalue weighted by Crippen LogP contribution is -2.60. The van der Waals surface area contributed by atoms with Crippen LogP contribution in [0.1, 0.15) is 34.1 Å². The fraction of sp³-hybridized carbons (Fsp3) is 0.765. The summed E-state index contributed by atoms with van der Waals surface area (Å²) < 4.78 is 0. The number of aliphatic carboxylic acids is 1. The minimum Gasteiger partial charge on any atom is -0.480 e. The maximum absolute atomic E-state index is 12.8. The second kappa shape index (κ2) is 12.9. The summed E-state index contributed by atoms with van der Waals surface area (Å²) in [6.45, 7) is 7.10. The van der Waals surface area contributed by atoms with Gasteiger partial charge >= 0.3 is 5.97 Å². The molecule has 11 heteroatoms. The Balaban J connectivity index is 5.37. The number of nitrogens with one attached hydrogen (secondary N) is 3. The van der Waals surface area contributed by atoms with Crippen LogP contribution in [-0.4, -0.2) is 64.5 Å². The zero-order valence-corrected chi connectivity index (χ0v) is 18.4. The van der Waals surface area contributed by atoms with E-state index >= 15 is 0 Å². The van der Waals surface area contributed by atoms with Gasteiger partial charge in [0, 0.05) is 11.5 Å². The standard InChI is InChI=1S/C17H32N4O5S2/c1-5-9(4)13(16(24)19-11(7-28)17(25)26)21-15(23)12(8(2)3)20-14(22)10(18)6-27/h8-13,27-28H,5-7,18H2,1-4H3,(H,19,24)(H,20,22)(H,21,23)(H,25,26). The lowest BCUT2D eigenvalue weighted by atomic mass is 9.96. The summed E-state index contributed by atoms with van der Waals surface area (Å²) in [5, 5.41) is 16.7. The normalized spacial score (nSPS) is 16.4. The third kappa shape index (κ3) is 8.27. The molecule has 0 bridgehead atoms. The van der Waals surface area contributed by atoms with Crippen molar-refractivity contribution in [1.82, 2.24) is 16.0 Å². The fourth-order valence-corrected chi connectivity index (χ4v) is 2.68. The van der Waals surface area contributed by atoms with Crippen LogP contribution in [0.4, 0.5) is 0 Å². The first-order valence-corrected chi connectivity index (χ1v) is 10.4. The van der Waals surface area contributed by atoms with Gasteiger partial charge < -0.3 is 26.8 Å². The van der Waals surface area contributed by atoms with Crippen LogP contribution in [0, 0.1) is 11.8 Å². The third-order valence-corrected chi connectivity index (χ3v) is 5.13. The Morgan fingerprint density at radius 2 is 1.39 bits per heavy atom. The molecule has 0 aromatic carbocycles. The fourth-order valence-electron chi connectivity index (χ4n) is 2.27. The Labute approximate surface area is 176 Å².